The molecular formula is C49H64N8O13S. The van der Waals surface area contributed by atoms with Gasteiger partial charge >= 0.3 is 16.4 Å². The molecule has 21 nitrogen and oxygen atoms in total. The molecule has 0 aliphatic rings. The number of nitrogens with two attached hydrogens (primary N) is 1. The normalized spacial score (nSPS) is 13.0. The first kappa shape index (κ1) is 56.3. The number of aryl methyl sites for hydroxylation is 1. The SMILES string of the molecule is CC(C)C[C@H](NC(=O)[C@H](Cc1c[nH]c2ccccc12)NC(=O)CCCCNC(=O)CCCCNC(=O)CCc1ccc(OS(=O)(=O)O)cc1)C(=O)N[C@@H](CC(=O)O)C(=O)N[C@@H](Cc1ccccc1)C(N)=O. The van der Waals surface area contributed by atoms with Gasteiger partial charge in [-0.2, -0.15) is 8.42 Å². The minimum absolute atomic E-state index is 0.0134. The van der Waals surface area contributed by atoms with Gasteiger partial charge in [-0.25, -0.2) is 0 Å². The van der Waals surface area contributed by atoms with Crippen LogP contribution >= 0.6 is 0 Å². The molecule has 3 aromatic carbocycles. The lowest BCUT2D eigenvalue weighted by Crippen LogP contribution is -2.59. The van der Waals surface area contributed by atoms with Crippen molar-refractivity contribution in [3.8, 4) is 5.75 Å². The maximum absolute atomic E-state index is 14.1. The molecule has 1 heterocycles. The molecule has 4 rings (SSSR count). The summed E-state index contributed by atoms with van der Waals surface area (Å²) in [7, 11) is -4.63. The second-order valence-electron chi connectivity index (χ2n) is 17.5. The Labute approximate surface area is 412 Å². The minimum Gasteiger partial charge on any atom is -0.481 e. The van der Waals surface area contributed by atoms with E-state index in [0.717, 1.165) is 16.5 Å². The standard InChI is InChI=1S/C49H64N8O13S/c1-31(2)26-39(47(64)57-41(29-45(61)62)49(66)55-38(46(50)63)27-33-12-4-3-5-13-33)56-48(65)40(28-34-30-53-37-15-7-6-14-36(34)37)54-44(60)17-9-11-24-51-42(58)16-8-10-25-52-43(59)23-20-32-18-21-35(22-19-32)70-71(67,68)69/h3-7,12-15,18-19,21-22,30-31,38-41,53H,8-11,16-17,20,23-29H2,1-2H3,(H2,50,63)(H,51,58)(H,52,59)(H,54,60)(H,55,66)(H,56,65)(H,57,64)(H,61,62)(H,67,68,69)/t38-,39-,40-,41-/m0/s1. The third-order valence-electron chi connectivity index (χ3n) is 11.1. The van der Waals surface area contributed by atoms with Gasteiger partial charge in [0.2, 0.25) is 41.4 Å². The van der Waals surface area contributed by atoms with Gasteiger partial charge in [-0.1, -0.05) is 74.5 Å². The molecule has 71 heavy (non-hydrogen) atoms. The second-order valence-corrected chi connectivity index (χ2v) is 18.5. The lowest BCUT2D eigenvalue weighted by atomic mass is 10.00. The van der Waals surface area contributed by atoms with Crippen molar-refractivity contribution in [2.45, 2.75) is 115 Å². The highest BCUT2D eigenvalue weighted by Crippen LogP contribution is 2.20. The minimum atomic E-state index is -4.63. The van der Waals surface area contributed by atoms with Crippen molar-refractivity contribution in [3.63, 3.8) is 0 Å². The molecule has 11 N–H and O–H groups in total. The van der Waals surface area contributed by atoms with Crippen LogP contribution in [0.1, 0.15) is 88.3 Å². The monoisotopic (exact) mass is 1000 g/mol. The zero-order valence-electron chi connectivity index (χ0n) is 39.7. The molecule has 0 unspecified atom stereocenters. The fourth-order valence-corrected chi connectivity index (χ4v) is 7.87. The Morgan fingerprint density at radius 2 is 1.20 bits per heavy atom. The number of aromatic nitrogens is 1. The van der Waals surface area contributed by atoms with Crippen LogP contribution in [0.5, 0.6) is 5.75 Å². The molecule has 0 fully saturated rings. The van der Waals surface area contributed by atoms with Crippen molar-refractivity contribution in [2.24, 2.45) is 11.7 Å². The van der Waals surface area contributed by atoms with Gasteiger partial charge in [-0.05, 0) is 79.3 Å². The van der Waals surface area contributed by atoms with E-state index in [1.54, 1.807) is 62.5 Å². The number of primary amides is 1. The highest BCUT2D eigenvalue weighted by molar-refractivity contribution is 7.81. The van der Waals surface area contributed by atoms with E-state index in [4.69, 9.17) is 10.3 Å². The van der Waals surface area contributed by atoms with Gasteiger partial charge in [0.15, 0.2) is 0 Å². The van der Waals surface area contributed by atoms with Crippen molar-refractivity contribution in [3.05, 3.63) is 102 Å². The number of carboxylic acids is 1. The molecule has 22 heteroatoms. The number of aromatic amines is 1. The summed E-state index contributed by atoms with van der Waals surface area (Å²) in [5.74, 6) is -5.87. The summed E-state index contributed by atoms with van der Waals surface area (Å²) in [6.45, 7) is 4.28. The number of rotatable bonds is 31. The molecule has 0 radical (unpaired) electrons. The van der Waals surface area contributed by atoms with Crippen molar-refractivity contribution in [1.82, 2.24) is 36.9 Å². The van der Waals surface area contributed by atoms with Crippen molar-refractivity contribution in [1.29, 1.82) is 0 Å². The van der Waals surface area contributed by atoms with E-state index in [9.17, 15) is 51.9 Å². The predicted molar refractivity (Wildman–Crippen MR) is 261 cm³/mol. The first-order chi connectivity index (χ1) is 33.8. The Kier molecular flexibility index (Phi) is 22.5. The quantitative estimate of drug-likeness (QED) is 0.0256. The molecule has 0 bridgehead atoms. The van der Waals surface area contributed by atoms with E-state index in [2.05, 4.69) is 41.1 Å². The zero-order chi connectivity index (χ0) is 51.9. The lowest BCUT2D eigenvalue weighted by Gasteiger charge is -2.26. The average Bonchev–Trinajstić information content (AvgIpc) is 3.72. The fourth-order valence-electron chi connectivity index (χ4n) is 7.52. The molecule has 0 spiro atoms. The maximum atomic E-state index is 14.1. The van der Waals surface area contributed by atoms with Crippen LogP contribution in [0, 0.1) is 5.92 Å². The molecule has 4 aromatic rings. The van der Waals surface area contributed by atoms with E-state index in [-0.39, 0.29) is 62.0 Å². The van der Waals surface area contributed by atoms with Crippen LogP contribution in [-0.2, 0) is 68.0 Å². The smallest absolute Gasteiger partial charge is 0.446 e. The highest BCUT2D eigenvalue weighted by atomic mass is 32.3. The fraction of sp³-hybridized carbons (Fsp3) is 0.429. The van der Waals surface area contributed by atoms with E-state index in [1.807, 2.05) is 24.3 Å². The van der Waals surface area contributed by atoms with Crippen molar-refractivity contribution >= 4 is 68.6 Å². The summed E-state index contributed by atoms with van der Waals surface area (Å²) in [5, 5.41) is 26.5. The number of nitrogens with one attached hydrogen (secondary N) is 7. The molecule has 0 aliphatic carbocycles. The van der Waals surface area contributed by atoms with Crippen LogP contribution < -0.4 is 41.8 Å². The van der Waals surface area contributed by atoms with Gasteiger partial charge in [0.25, 0.3) is 0 Å². The first-order valence-corrected chi connectivity index (χ1v) is 24.7. The number of para-hydroxylation sites is 1. The van der Waals surface area contributed by atoms with E-state index in [0.29, 0.717) is 56.3 Å². The first-order valence-electron chi connectivity index (χ1n) is 23.4. The molecule has 384 valence electrons. The van der Waals surface area contributed by atoms with Crippen LogP contribution in [0.4, 0.5) is 0 Å². The molecule has 0 aliphatic heterocycles. The maximum Gasteiger partial charge on any atom is 0.446 e. The number of H-pyrrole nitrogens is 1. The van der Waals surface area contributed by atoms with Gasteiger partial charge in [0.1, 0.15) is 29.9 Å². The largest absolute Gasteiger partial charge is 0.481 e. The van der Waals surface area contributed by atoms with E-state index in [1.165, 1.54) is 12.1 Å². The molecule has 7 amide bonds. The summed E-state index contributed by atoms with van der Waals surface area (Å²) in [4.78, 5) is 107. The Bertz CT molecular complexity index is 2550. The summed E-state index contributed by atoms with van der Waals surface area (Å²) in [6, 6.07) is 16.7. The lowest BCUT2D eigenvalue weighted by molar-refractivity contribution is -0.141. The van der Waals surface area contributed by atoms with E-state index < -0.39 is 76.5 Å². The Hall–Kier alpha value is -7.33. The number of amides is 7. The zero-order valence-corrected chi connectivity index (χ0v) is 40.6. The number of aliphatic carboxylic acids is 1. The van der Waals surface area contributed by atoms with Crippen LogP contribution in [0.2, 0.25) is 0 Å². The second kappa shape index (κ2) is 28.4. The summed E-state index contributed by atoms with van der Waals surface area (Å²) < 4.78 is 34.8. The average molecular weight is 1010 g/mol. The predicted octanol–water partition coefficient (Wildman–Crippen LogP) is 2.29. The Morgan fingerprint density at radius 1 is 0.634 bits per heavy atom. The molecule has 4 atom stereocenters. The van der Waals surface area contributed by atoms with Crippen LogP contribution in [-0.4, -0.2) is 108 Å². The number of carbonyl (C=O) groups excluding carboxylic acids is 7. The van der Waals surface area contributed by atoms with Crippen LogP contribution in [0.25, 0.3) is 10.9 Å². The topological polar surface area (TPSA) is 334 Å². The van der Waals surface area contributed by atoms with E-state index >= 15 is 0 Å². The molecule has 0 saturated heterocycles. The number of benzene rings is 3. The third-order valence-corrected chi connectivity index (χ3v) is 11.5. The Morgan fingerprint density at radius 3 is 1.82 bits per heavy atom. The molecule has 0 saturated carbocycles. The number of fused-ring (bicyclic) bond motifs is 1. The van der Waals surface area contributed by atoms with Crippen LogP contribution in [0.15, 0.2) is 85.1 Å². The number of hydrogen-bond donors (Lipinski definition) is 10. The number of carbonyl (C=O) groups is 8. The number of carboxylic acid groups (broad SMARTS) is 1. The van der Waals surface area contributed by atoms with Crippen molar-refractivity contribution < 1.29 is 60.6 Å². The van der Waals surface area contributed by atoms with Crippen LogP contribution in [0.3, 0.4) is 0 Å². The van der Waals surface area contributed by atoms with Gasteiger partial charge in [-0.3, -0.25) is 42.9 Å². The summed E-state index contributed by atoms with van der Waals surface area (Å²) in [6.07, 6.45) is 3.75. The molecular weight excluding hydrogens is 941 g/mol. The highest BCUT2D eigenvalue weighted by Gasteiger charge is 2.33. The third kappa shape index (κ3) is 21.1. The van der Waals surface area contributed by atoms with Gasteiger partial charge in [-0.15, -0.1) is 0 Å². The van der Waals surface area contributed by atoms with Crippen molar-refractivity contribution in [2.75, 3.05) is 13.1 Å². The van der Waals surface area contributed by atoms with Gasteiger partial charge in [0, 0.05) is 62.3 Å². The van der Waals surface area contributed by atoms with Gasteiger partial charge in [0.05, 0.1) is 6.42 Å². The summed E-state index contributed by atoms with van der Waals surface area (Å²) in [5.41, 5.74) is 8.53. The van der Waals surface area contributed by atoms with Gasteiger partial charge < -0.3 is 51.9 Å². The summed E-state index contributed by atoms with van der Waals surface area (Å²) >= 11 is 0. The number of unbranched alkanes of at least 4 members (excludes halogenated alkanes) is 2. The number of hydrogen-bond acceptors (Lipinski definition) is 11. The molecule has 1 aromatic heterocycles. The Balaban J connectivity index is 1.27.